The Kier molecular flexibility index (Phi) is 6.93. The van der Waals surface area contributed by atoms with Crippen LogP contribution in [0.15, 0.2) is 209 Å². The number of para-hydroxylation sites is 2. The summed E-state index contributed by atoms with van der Waals surface area (Å²) in [5, 5.41) is 11.7. The highest BCUT2D eigenvalue weighted by molar-refractivity contribution is 6.19. The number of fused-ring (bicyclic) bond motifs is 11. The summed E-state index contributed by atoms with van der Waals surface area (Å²) in [5.74, 6) is 0. The van der Waals surface area contributed by atoms with Crippen molar-refractivity contribution in [1.82, 2.24) is 0 Å². The van der Waals surface area contributed by atoms with Gasteiger partial charge in [-0.1, -0.05) is 146 Å². The van der Waals surface area contributed by atoms with Gasteiger partial charge in [0.25, 0.3) is 0 Å². The lowest BCUT2D eigenvalue weighted by Gasteiger charge is -2.26. The lowest BCUT2D eigenvalue weighted by atomic mass is 9.93. The van der Waals surface area contributed by atoms with Crippen LogP contribution in [0.3, 0.4) is 0 Å². The lowest BCUT2D eigenvalue weighted by Crippen LogP contribution is -2.10. The Morgan fingerprint density at radius 3 is 1.86 bits per heavy atom. The van der Waals surface area contributed by atoms with Gasteiger partial charge in [0, 0.05) is 38.3 Å². The van der Waals surface area contributed by atoms with Crippen molar-refractivity contribution < 1.29 is 8.83 Å². The molecular formula is C54H33NO2. The summed E-state index contributed by atoms with van der Waals surface area (Å²) < 4.78 is 13.3. The highest BCUT2D eigenvalue weighted by atomic mass is 16.3. The lowest BCUT2D eigenvalue weighted by molar-refractivity contribution is 0.669. The van der Waals surface area contributed by atoms with Crippen LogP contribution in [0.2, 0.25) is 0 Å². The summed E-state index contributed by atoms with van der Waals surface area (Å²) in [6.07, 6.45) is 0. The molecule has 3 heteroatoms. The first-order valence-electron chi connectivity index (χ1n) is 19.4. The molecule has 0 spiro atoms. The largest absolute Gasteiger partial charge is 0.455 e. The Labute approximate surface area is 328 Å². The predicted octanol–water partition coefficient (Wildman–Crippen LogP) is 15.7. The number of anilines is 3. The number of rotatable bonds is 5. The highest BCUT2D eigenvalue weighted by Gasteiger charge is 2.21. The maximum atomic E-state index is 6.68. The third-order valence-electron chi connectivity index (χ3n) is 11.6. The van der Waals surface area contributed by atoms with E-state index in [1.165, 1.54) is 38.1 Å². The predicted molar refractivity (Wildman–Crippen MR) is 239 cm³/mol. The van der Waals surface area contributed by atoms with Gasteiger partial charge in [-0.15, -0.1) is 0 Å². The molecule has 0 unspecified atom stereocenters. The van der Waals surface area contributed by atoms with Gasteiger partial charge in [0.05, 0.1) is 5.69 Å². The number of hydrogen-bond acceptors (Lipinski definition) is 3. The van der Waals surface area contributed by atoms with Crippen molar-refractivity contribution in [2.75, 3.05) is 4.90 Å². The summed E-state index contributed by atoms with van der Waals surface area (Å²) >= 11 is 0. The first kappa shape index (κ1) is 31.7. The fourth-order valence-corrected chi connectivity index (χ4v) is 9.03. The maximum Gasteiger partial charge on any atom is 0.159 e. The van der Waals surface area contributed by atoms with Gasteiger partial charge in [-0.25, -0.2) is 0 Å². The molecule has 0 atom stereocenters. The van der Waals surface area contributed by atoms with E-state index in [0.717, 1.165) is 77.5 Å². The number of hydrogen-bond donors (Lipinski definition) is 0. The van der Waals surface area contributed by atoms with E-state index in [0.29, 0.717) is 0 Å². The van der Waals surface area contributed by atoms with Crippen LogP contribution in [0, 0.1) is 0 Å². The average molecular weight is 728 g/mol. The minimum Gasteiger partial charge on any atom is -0.455 e. The van der Waals surface area contributed by atoms with Crippen molar-refractivity contribution in [3.05, 3.63) is 200 Å². The molecule has 57 heavy (non-hydrogen) atoms. The molecule has 0 saturated carbocycles. The topological polar surface area (TPSA) is 29.5 Å². The van der Waals surface area contributed by atoms with Gasteiger partial charge in [0.1, 0.15) is 16.7 Å². The van der Waals surface area contributed by atoms with E-state index in [2.05, 4.69) is 193 Å². The molecule has 0 bridgehead atoms. The molecular weight excluding hydrogens is 695 g/mol. The molecule has 0 N–H and O–H groups in total. The van der Waals surface area contributed by atoms with Crippen LogP contribution in [0.1, 0.15) is 0 Å². The van der Waals surface area contributed by atoms with E-state index >= 15 is 0 Å². The molecule has 0 aliphatic rings. The van der Waals surface area contributed by atoms with E-state index in [4.69, 9.17) is 8.83 Å². The van der Waals surface area contributed by atoms with Crippen LogP contribution in [-0.2, 0) is 0 Å². The molecule has 10 aromatic carbocycles. The molecule has 12 aromatic rings. The fourth-order valence-electron chi connectivity index (χ4n) is 9.03. The highest BCUT2D eigenvalue weighted by Crippen LogP contribution is 2.45. The van der Waals surface area contributed by atoms with E-state index in [-0.39, 0.29) is 0 Å². The second-order valence-electron chi connectivity index (χ2n) is 14.8. The van der Waals surface area contributed by atoms with Crippen molar-refractivity contribution in [3.63, 3.8) is 0 Å². The quantitative estimate of drug-likeness (QED) is 0.165. The van der Waals surface area contributed by atoms with E-state index < -0.39 is 0 Å². The SMILES string of the molecule is c1cc(-c2cccc3oc4c5ccccc5ccc4c23)cc(N(c2ccc(-c3cc4ccccc4c4ccccc34)cc2)c2cccc3c2oc2ccccc23)c1. The molecule has 0 saturated heterocycles. The molecule has 2 aromatic heterocycles. The Morgan fingerprint density at radius 2 is 0.982 bits per heavy atom. The van der Waals surface area contributed by atoms with E-state index in [1.807, 2.05) is 12.1 Å². The van der Waals surface area contributed by atoms with Crippen LogP contribution >= 0.6 is 0 Å². The Hall–Kier alpha value is -7.62. The van der Waals surface area contributed by atoms with E-state index in [9.17, 15) is 0 Å². The normalized spacial score (nSPS) is 11.9. The summed E-state index contributed by atoms with van der Waals surface area (Å²) in [5.41, 5.74) is 11.2. The van der Waals surface area contributed by atoms with Gasteiger partial charge in [-0.05, 0) is 104 Å². The van der Waals surface area contributed by atoms with Gasteiger partial charge in [-0.3, -0.25) is 0 Å². The van der Waals surface area contributed by atoms with Gasteiger partial charge in [0.2, 0.25) is 0 Å². The molecule has 0 amide bonds. The molecule has 0 radical (unpaired) electrons. The first-order valence-corrected chi connectivity index (χ1v) is 19.4. The zero-order valence-electron chi connectivity index (χ0n) is 30.8. The zero-order chi connectivity index (χ0) is 37.5. The smallest absolute Gasteiger partial charge is 0.159 e. The van der Waals surface area contributed by atoms with Gasteiger partial charge < -0.3 is 13.7 Å². The fraction of sp³-hybridized carbons (Fsp3) is 0. The molecule has 3 nitrogen and oxygen atoms in total. The summed E-state index contributed by atoms with van der Waals surface area (Å²) in [7, 11) is 0. The molecule has 2 heterocycles. The van der Waals surface area contributed by atoms with Crippen molar-refractivity contribution in [1.29, 1.82) is 0 Å². The molecule has 0 aliphatic heterocycles. The number of nitrogens with zero attached hydrogens (tertiary/aromatic N) is 1. The average Bonchev–Trinajstić information content (AvgIpc) is 3.86. The van der Waals surface area contributed by atoms with Crippen LogP contribution in [0.4, 0.5) is 17.1 Å². The van der Waals surface area contributed by atoms with Crippen LogP contribution in [0.5, 0.6) is 0 Å². The third kappa shape index (κ3) is 4.92. The molecule has 0 aliphatic carbocycles. The van der Waals surface area contributed by atoms with E-state index in [1.54, 1.807) is 0 Å². The Morgan fingerprint density at radius 1 is 0.316 bits per heavy atom. The first-order chi connectivity index (χ1) is 28.3. The van der Waals surface area contributed by atoms with Crippen molar-refractivity contribution in [3.8, 4) is 22.3 Å². The van der Waals surface area contributed by atoms with Crippen molar-refractivity contribution in [2.24, 2.45) is 0 Å². The minimum absolute atomic E-state index is 0.850. The molecule has 0 fully saturated rings. The Bertz CT molecular complexity index is 3530. The minimum atomic E-state index is 0.850. The zero-order valence-corrected chi connectivity index (χ0v) is 30.8. The van der Waals surface area contributed by atoms with Crippen molar-refractivity contribution in [2.45, 2.75) is 0 Å². The van der Waals surface area contributed by atoms with Crippen LogP contribution in [0.25, 0.3) is 98.4 Å². The van der Waals surface area contributed by atoms with Crippen LogP contribution in [-0.4, -0.2) is 0 Å². The second kappa shape index (κ2) is 12.5. The second-order valence-corrected chi connectivity index (χ2v) is 14.8. The summed E-state index contributed by atoms with van der Waals surface area (Å²) in [4.78, 5) is 2.33. The summed E-state index contributed by atoms with van der Waals surface area (Å²) in [6.45, 7) is 0. The van der Waals surface area contributed by atoms with Gasteiger partial charge in [-0.2, -0.15) is 0 Å². The van der Waals surface area contributed by atoms with Gasteiger partial charge in [0.15, 0.2) is 5.58 Å². The monoisotopic (exact) mass is 727 g/mol. The van der Waals surface area contributed by atoms with Crippen LogP contribution < -0.4 is 4.90 Å². The number of furan rings is 2. The summed E-state index contributed by atoms with van der Waals surface area (Å²) in [6, 6.07) is 71.5. The molecule has 266 valence electrons. The number of benzene rings is 10. The Balaban J connectivity index is 1.05. The van der Waals surface area contributed by atoms with Gasteiger partial charge >= 0.3 is 0 Å². The van der Waals surface area contributed by atoms with Crippen molar-refractivity contribution >= 4 is 93.3 Å². The molecule has 12 rings (SSSR count). The third-order valence-corrected chi connectivity index (χ3v) is 11.6. The standard InChI is InChI=1S/C54H33NO2/c1-4-17-42-34(12-1)28-31-47-52-41(21-11-25-51(52)57-53(42)47)36-14-9-15-39(32-36)55(49-23-10-22-46-45-20-7-8-24-50(45)56-54(46)49)38-29-26-35(27-30-38)48-33-37-13-2-3-16-40(37)43-18-5-6-19-44(43)48/h1-33H. The maximum absolute atomic E-state index is 6.68.